The number of rotatable bonds is 37. The minimum atomic E-state index is -1.41. The van der Waals surface area contributed by atoms with Crippen molar-refractivity contribution in [1.82, 2.24) is 47.9 Å². The third-order valence-corrected chi connectivity index (χ3v) is 11.8. The van der Waals surface area contributed by atoms with Gasteiger partial charge in [0.2, 0.25) is 53.2 Å². The third kappa shape index (κ3) is 29.1. The summed E-state index contributed by atoms with van der Waals surface area (Å²) >= 11 is 0. The molecule has 0 aliphatic carbocycles. The number of phenolic OH excluding ortho intramolecular Hbond substituents is 1. The van der Waals surface area contributed by atoms with Crippen molar-refractivity contribution in [3.05, 3.63) is 29.8 Å². The molecule has 82 heavy (non-hydrogen) atoms. The van der Waals surface area contributed by atoms with Crippen molar-refractivity contribution < 1.29 is 58.2 Å². The number of carbonyl (C=O) groups excluding carboxylic acids is 9. The lowest BCUT2D eigenvalue weighted by Crippen LogP contribution is -2.59. The van der Waals surface area contributed by atoms with Crippen LogP contribution in [0.4, 0.5) is 0 Å². The number of aliphatic carboxylic acids is 1. The normalized spacial score (nSPS) is 14.4. The first-order valence-electron chi connectivity index (χ1n) is 26.1. The number of guanidine groups is 4. The maximum atomic E-state index is 14.1. The zero-order valence-electron chi connectivity index (χ0n) is 46.7. The molecule has 0 saturated heterocycles. The Morgan fingerprint density at radius 3 is 0.927 bits per heavy atom. The van der Waals surface area contributed by atoms with Gasteiger partial charge in [0, 0.05) is 26.2 Å². The molecule has 0 spiro atoms. The fraction of sp³-hybridized carbons (Fsp3) is 0.583. The number of benzene rings is 1. The quantitative estimate of drug-likeness (QED) is 0.0167. The first-order valence-corrected chi connectivity index (χ1v) is 26.1. The summed E-state index contributed by atoms with van der Waals surface area (Å²) < 4.78 is 0. The Hall–Kier alpha value is -9.24. The van der Waals surface area contributed by atoms with Crippen molar-refractivity contribution in [3.63, 3.8) is 0 Å². The maximum Gasteiger partial charge on any atom is 0.325 e. The van der Waals surface area contributed by atoms with Crippen LogP contribution in [-0.4, -0.2) is 180 Å². The number of aromatic hydroxyl groups is 1. The highest BCUT2D eigenvalue weighted by Gasteiger charge is 2.33. The molecule has 1 aromatic carbocycles. The van der Waals surface area contributed by atoms with Gasteiger partial charge in [-0.2, -0.15) is 0 Å². The molecule has 10 atom stereocenters. The van der Waals surface area contributed by atoms with E-state index in [-0.39, 0.29) is 114 Å². The molecule has 34 nitrogen and oxygen atoms in total. The highest BCUT2D eigenvalue weighted by Crippen LogP contribution is 2.12. The van der Waals surface area contributed by atoms with Gasteiger partial charge in [0.05, 0.1) is 6.04 Å². The van der Waals surface area contributed by atoms with Gasteiger partial charge in [0.25, 0.3) is 0 Å². The summed E-state index contributed by atoms with van der Waals surface area (Å²) in [6.45, 7) is 6.59. The van der Waals surface area contributed by atoms with E-state index in [1.165, 1.54) is 46.8 Å². The molecule has 0 saturated carbocycles. The van der Waals surface area contributed by atoms with Crippen LogP contribution in [0.25, 0.3) is 0 Å². The van der Waals surface area contributed by atoms with Crippen LogP contribution in [0.3, 0.4) is 0 Å². The standard InChI is InChI=1S/C48H84N22O12/c1-23(64-40(77)31(10-6-18-58-45(50)51)67-37(74)25(3)63-39(76)30(49)22-28-14-16-29(71)17-15-28)35(72)62-24(2)36(73)69-34(13-9-21-61-48(56)57)43(80)70-33(12-8-20-60-47(54)55)41(78)65-26(4)38(75)68-32(11-7-19-59-46(52)53)42(79)66-27(5)44(81)82/h14-17,23-27,30-34,71H,6-13,18-22,49H2,1-5H3,(H,62,72)(H,63,76)(H,64,77)(H,65,78)(H,66,79)(H,67,74)(H,68,75)(H,69,73)(H,70,80)(H,81,82)(H4,50,51,58)(H4,52,53,59)(H4,54,55,60)(H4,56,57,61)/t23-,24-,25-,26-,27-,30-,31-,32-,33-,34-/m0/s1. The second-order valence-corrected chi connectivity index (χ2v) is 19.0. The zero-order valence-corrected chi connectivity index (χ0v) is 46.7. The SMILES string of the molecule is C[C@H](NC(=O)[C@H](CCCN=C(N)N)NC(=O)[C@H](C)NC(=O)[C@H](CCCN=C(N)N)NC(=O)[C@H](CCCN=C(N)N)NC(=O)[C@H](C)NC(=O)[C@H](C)NC(=O)[C@H](CCCN=C(N)N)NC(=O)[C@H](C)NC(=O)[C@@H](N)Cc1ccc(O)cc1)C(=O)O. The van der Waals surface area contributed by atoms with E-state index in [1.807, 2.05) is 0 Å². The lowest BCUT2D eigenvalue weighted by Gasteiger charge is -2.26. The molecular formula is C48H84N22O12. The number of nitrogens with two attached hydrogens (primary N) is 9. The van der Waals surface area contributed by atoms with Crippen LogP contribution >= 0.6 is 0 Å². The van der Waals surface area contributed by atoms with Gasteiger partial charge in [-0.1, -0.05) is 12.1 Å². The second-order valence-electron chi connectivity index (χ2n) is 19.0. The molecule has 0 heterocycles. The van der Waals surface area contributed by atoms with E-state index in [1.54, 1.807) is 12.1 Å². The van der Waals surface area contributed by atoms with Crippen LogP contribution < -0.4 is 99.5 Å². The molecule has 0 aromatic heterocycles. The molecule has 0 unspecified atom stereocenters. The van der Waals surface area contributed by atoms with Gasteiger partial charge >= 0.3 is 5.97 Å². The Bertz CT molecular complexity index is 2440. The van der Waals surface area contributed by atoms with E-state index in [0.717, 1.165) is 0 Å². The lowest BCUT2D eigenvalue weighted by atomic mass is 10.1. The number of hydrogen-bond acceptors (Lipinski definition) is 16. The summed E-state index contributed by atoms with van der Waals surface area (Å²) in [6.07, 6.45) is 0.325. The number of amides is 9. The molecule has 0 bridgehead atoms. The molecule has 0 fully saturated rings. The predicted octanol–water partition coefficient (Wildman–Crippen LogP) is -7.98. The fourth-order valence-electron chi connectivity index (χ4n) is 7.16. The van der Waals surface area contributed by atoms with Crippen LogP contribution in [0.2, 0.25) is 0 Å². The van der Waals surface area contributed by atoms with E-state index in [9.17, 15) is 58.2 Å². The van der Waals surface area contributed by atoms with Gasteiger partial charge in [0.1, 0.15) is 60.1 Å². The van der Waals surface area contributed by atoms with Gasteiger partial charge in [0.15, 0.2) is 23.8 Å². The zero-order chi connectivity index (χ0) is 62.2. The smallest absolute Gasteiger partial charge is 0.325 e. The summed E-state index contributed by atoms with van der Waals surface area (Å²) in [5.74, 6) is -9.84. The van der Waals surface area contributed by atoms with E-state index in [0.29, 0.717) is 5.56 Å². The number of hydrogen-bond donors (Lipinski definition) is 20. The average molecular weight is 1160 g/mol. The number of carboxylic acids is 1. The monoisotopic (exact) mass is 1160 g/mol. The van der Waals surface area contributed by atoms with Crippen LogP contribution in [0.1, 0.15) is 91.5 Å². The first kappa shape index (κ1) is 70.8. The summed E-state index contributed by atoms with van der Waals surface area (Å²) in [5.41, 5.74) is 50.2. The summed E-state index contributed by atoms with van der Waals surface area (Å²) in [7, 11) is 0. The van der Waals surface area contributed by atoms with E-state index in [4.69, 9.17) is 51.6 Å². The lowest BCUT2D eigenvalue weighted by molar-refractivity contribution is -0.141. The van der Waals surface area contributed by atoms with Crippen LogP contribution in [0, 0.1) is 0 Å². The third-order valence-electron chi connectivity index (χ3n) is 11.8. The molecule has 29 N–H and O–H groups in total. The predicted molar refractivity (Wildman–Crippen MR) is 303 cm³/mol. The molecule has 0 aliphatic rings. The Kier molecular flexibility index (Phi) is 31.8. The Balaban J connectivity index is 3.28. The number of phenols is 1. The van der Waals surface area contributed by atoms with E-state index >= 15 is 0 Å². The molecule has 0 aliphatic heterocycles. The van der Waals surface area contributed by atoms with Crippen molar-refractivity contribution in [3.8, 4) is 5.75 Å². The number of nitrogens with zero attached hydrogens (tertiary/aromatic N) is 4. The number of aliphatic imine (C=N–C) groups is 4. The van der Waals surface area contributed by atoms with Gasteiger partial charge < -0.3 is 110 Å². The highest BCUT2D eigenvalue weighted by atomic mass is 16.4. The Labute approximate surface area is 474 Å². The van der Waals surface area contributed by atoms with Crippen LogP contribution in [0.5, 0.6) is 5.75 Å². The average Bonchev–Trinajstić information content (AvgIpc) is 3.44. The molecule has 1 rings (SSSR count). The maximum absolute atomic E-state index is 14.1. The van der Waals surface area contributed by atoms with Gasteiger partial charge in [-0.05, 0) is 110 Å². The fourth-order valence-corrected chi connectivity index (χ4v) is 7.16. The Morgan fingerprint density at radius 2 is 0.634 bits per heavy atom. The number of nitrogens with one attached hydrogen (secondary N) is 9. The van der Waals surface area contributed by atoms with Gasteiger partial charge in [-0.3, -0.25) is 67.9 Å². The molecule has 1 aromatic rings. The van der Waals surface area contributed by atoms with Crippen molar-refractivity contribution in [2.45, 2.75) is 153 Å². The largest absolute Gasteiger partial charge is 0.508 e. The Morgan fingerprint density at radius 1 is 0.390 bits per heavy atom. The van der Waals surface area contributed by atoms with Crippen molar-refractivity contribution in [2.75, 3.05) is 26.2 Å². The van der Waals surface area contributed by atoms with Crippen molar-refractivity contribution in [1.29, 1.82) is 0 Å². The molecule has 458 valence electrons. The molecule has 0 radical (unpaired) electrons. The minimum Gasteiger partial charge on any atom is -0.508 e. The van der Waals surface area contributed by atoms with Crippen LogP contribution in [0.15, 0.2) is 44.2 Å². The van der Waals surface area contributed by atoms with Crippen LogP contribution in [-0.2, 0) is 54.4 Å². The highest BCUT2D eigenvalue weighted by molar-refractivity contribution is 5.98. The number of carboxylic acid groups (broad SMARTS) is 1. The van der Waals surface area contributed by atoms with Crippen molar-refractivity contribution in [2.24, 2.45) is 71.6 Å². The summed E-state index contributed by atoms with van der Waals surface area (Å²) in [4.78, 5) is 149. The summed E-state index contributed by atoms with van der Waals surface area (Å²) in [5, 5.41) is 41.2. The number of carbonyl (C=O) groups is 10. The van der Waals surface area contributed by atoms with E-state index in [2.05, 4.69) is 67.8 Å². The molecule has 34 heteroatoms. The van der Waals surface area contributed by atoms with Gasteiger partial charge in [-0.25, -0.2) is 0 Å². The summed E-state index contributed by atoms with van der Waals surface area (Å²) in [6, 6.07) is -7.04. The topological polar surface area (TPSA) is 603 Å². The molecule has 9 amide bonds. The second kappa shape index (κ2) is 36.8. The van der Waals surface area contributed by atoms with Crippen molar-refractivity contribution >= 4 is 83.0 Å². The molecular weight excluding hydrogens is 1080 g/mol. The minimum absolute atomic E-state index is 0.00258. The van der Waals surface area contributed by atoms with Gasteiger partial charge in [-0.15, -0.1) is 0 Å². The van der Waals surface area contributed by atoms with E-state index < -0.39 is 120 Å². The first-order chi connectivity index (χ1) is 38.4.